The van der Waals surface area contributed by atoms with Crippen molar-refractivity contribution in [3.05, 3.63) is 22.2 Å². The first-order valence-corrected chi connectivity index (χ1v) is 7.81. The summed E-state index contributed by atoms with van der Waals surface area (Å²) in [5, 5.41) is -0.0774. The Morgan fingerprint density at radius 2 is 1.85 bits per heavy atom. The van der Waals surface area contributed by atoms with Crippen LogP contribution >= 0.6 is 23.2 Å². The van der Waals surface area contributed by atoms with Crippen LogP contribution in [0.3, 0.4) is 0 Å². The molecule has 3 N–H and O–H groups in total. The molecule has 0 aromatic heterocycles. The molecule has 0 amide bonds. The lowest BCUT2D eigenvalue weighted by atomic mass is 10.3. The van der Waals surface area contributed by atoms with E-state index < -0.39 is 16.1 Å². The van der Waals surface area contributed by atoms with Crippen LogP contribution in [0.4, 0.5) is 5.69 Å². The predicted molar refractivity (Wildman–Crippen MR) is 78.7 cm³/mol. The van der Waals surface area contributed by atoms with E-state index in [0.717, 1.165) is 0 Å². The van der Waals surface area contributed by atoms with Crippen LogP contribution < -0.4 is 10.5 Å². The number of nitrogen functional groups attached to an aromatic ring is 1. The summed E-state index contributed by atoms with van der Waals surface area (Å²) in [5.74, 6) is 0. The first-order chi connectivity index (χ1) is 9.31. The number of nitrogens with two attached hydrogens (primary N) is 1. The van der Waals surface area contributed by atoms with Gasteiger partial charge in [0.25, 0.3) is 0 Å². The minimum atomic E-state index is -3.87. The maximum absolute atomic E-state index is 12.2. The number of hydrogen-bond donors (Lipinski definition) is 2. The van der Waals surface area contributed by atoms with Crippen LogP contribution in [0.5, 0.6) is 0 Å². The second kappa shape index (κ2) is 7.44. The molecule has 9 heteroatoms. The van der Waals surface area contributed by atoms with Crippen molar-refractivity contribution in [2.75, 3.05) is 33.1 Å². The summed E-state index contributed by atoms with van der Waals surface area (Å²) in [6.07, 6.45) is -0.416. The molecular weight excluding hydrogens is 327 g/mol. The van der Waals surface area contributed by atoms with Crippen molar-refractivity contribution in [1.82, 2.24) is 4.72 Å². The first-order valence-electron chi connectivity index (χ1n) is 5.57. The highest BCUT2D eigenvalue weighted by Gasteiger charge is 2.23. The van der Waals surface area contributed by atoms with Crippen LogP contribution in [-0.2, 0) is 19.5 Å². The van der Waals surface area contributed by atoms with Gasteiger partial charge in [-0.15, -0.1) is 0 Å². The molecule has 114 valence electrons. The molecule has 0 spiro atoms. The number of anilines is 1. The molecule has 1 atom stereocenters. The Hall–Kier alpha value is -0.570. The molecule has 0 bridgehead atoms. The molecular formula is C11H16Cl2N2O4S. The molecule has 1 aromatic carbocycles. The lowest BCUT2D eigenvalue weighted by Gasteiger charge is -2.16. The topological polar surface area (TPSA) is 90.7 Å². The third-order valence-electron chi connectivity index (χ3n) is 2.48. The number of nitrogens with one attached hydrogen (secondary N) is 1. The normalized spacial score (nSPS) is 13.4. The van der Waals surface area contributed by atoms with Gasteiger partial charge < -0.3 is 15.2 Å². The maximum atomic E-state index is 12.2. The molecule has 1 rings (SSSR count). The monoisotopic (exact) mass is 342 g/mol. The van der Waals surface area contributed by atoms with E-state index in [2.05, 4.69) is 4.72 Å². The van der Waals surface area contributed by atoms with Gasteiger partial charge in [-0.1, -0.05) is 23.2 Å². The van der Waals surface area contributed by atoms with E-state index >= 15 is 0 Å². The van der Waals surface area contributed by atoms with Crippen molar-refractivity contribution in [2.24, 2.45) is 0 Å². The van der Waals surface area contributed by atoms with Crippen molar-refractivity contribution < 1.29 is 17.9 Å². The lowest BCUT2D eigenvalue weighted by Crippen LogP contribution is -2.35. The van der Waals surface area contributed by atoms with Gasteiger partial charge in [-0.3, -0.25) is 0 Å². The average Bonchev–Trinajstić information content (AvgIpc) is 2.32. The SMILES string of the molecule is COCC(CNS(=O)(=O)c1c(Cl)cc(N)cc1Cl)OC. The quantitative estimate of drug-likeness (QED) is 0.733. The number of benzene rings is 1. The van der Waals surface area contributed by atoms with E-state index in [1.165, 1.54) is 26.4 Å². The smallest absolute Gasteiger partial charge is 0.243 e. The van der Waals surface area contributed by atoms with Gasteiger partial charge in [0.05, 0.1) is 22.8 Å². The standard InChI is InChI=1S/C11H16Cl2N2O4S/c1-18-6-8(19-2)5-15-20(16,17)11-9(12)3-7(14)4-10(11)13/h3-4,8,15H,5-6,14H2,1-2H3. The highest BCUT2D eigenvalue weighted by Crippen LogP contribution is 2.31. The molecule has 6 nitrogen and oxygen atoms in total. The molecule has 0 aliphatic rings. The number of halogens is 2. The number of hydrogen-bond acceptors (Lipinski definition) is 5. The van der Waals surface area contributed by atoms with Gasteiger partial charge in [-0.2, -0.15) is 0 Å². The second-order valence-corrected chi connectivity index (χ2v) is 6.50. The fraction of sp³-hybridized carbons (Fsp3) is 0.455. The van der Waals surface area contributed by atoms with Crippen molar-refractivity contribution in [3.8, 4) is 0 Å². The Kier molecular flexibility index (Phi) is 6.50. The summed E-state index contributed by atoms with van der Waals surface area (Å²) < 4.78 is 36.7. The van der Waals surface area contributed by atoms with Crippen LogP contribution in [0.1, 0.15) is 0 Å². The van der Waals surface area contributed by atoms with E-state index in [4.69, 9.17) is 38.4 Å². The summed E-state index contributed by atoms with van der Waals surface area (Å²) in [5.41, 5.74) is 5.82. The zero-order valence-corrected chi connectivity index (χ0v) is 13.3. The number of rotatable bonds is 7. The lowest BCUT2D eigenvalue weighted by molar-refractivity contribution is 0.0320. The summed E-state index contributed by atoms with van der Waals surface area (Å²) in [7, 11) is -0.913. The number of ether oxygens (including phenoxy) is 2. The summed E-state index contributed by atoms with van der Waals surface area (Å²) >= 11 is 11.8. The average molecular weight is 343 g/mol. The van der Waals surface area contributed by atoms with Crippen molar-refractivity contribution in [1.29, 1.82) is 0 Å². The van der Waals surface area contributed by atoms with Crippen LogP contribution in [-0.4, -0.2) is 41.9 Å². The van der Waals surface area contributed by atoms with E-state index in [1.54, 1.807) is 0 Å². The van der Waals surface area contributed by atoms with Crippen molar-refractivity contribution in [3.63, 3.8) is 0 Å². The minimum Gasteiger partial charge on any atom is -0.399 e. The summed E-state index contributed by atoms with van der Waals surface area (Å²) in [6.45, 7) is 0.284. The first kappa shape index (κ1) is 17.5. The minimum absolute atomic E-state index is 0.0315. The highest BCUT2D eigenvalue weighted by atomic mass is 35.5. The molecule has 1 aromatic rings. The number of methoxy groups -OCH3 is 2. The predicted octanol–water partition coefficient (Wildman–Crippen LogP) is 1.52. The zero-order chi connectivity index (χ0) is 15.3. The van der Waals surface area contributed by atoms with E-state index in [0.29, 0.717) is 0 Å². The molecule has 1 unspecified atom stereocenters. The van der Waals surface area contributed by atoms with Crippen LogP contribution in [0.15, 0.2) is 17.0 Å². The Bertz CT molecular complexity index is 543. The molecule has 0 heterocycles. The Morgan fingerprint density at radius 1 is 1.30 bits per heavy atom. The second-order valence-electron chi connectivity index (χ2n) is 3.98. The van der Waals surface area contributed by atoms with E-state index in [1.807, 2.05) is 0 Å². The van der Waals surface area contributed by atoms with Gasteiger partial charge in [-0.05, 0) is 12.1 Å². The van der Waals surface area contributed by atoms with Gasteiger partial charge in [0, 0.05) is 26.5 Å². The van der Waals surface area contributed by atoms with Gasteiger partial charge in [0.1, 0.15) is 4.90 Å². The summed E-state index contributed by atoms with van der Waals surface area (Å²) in [4.78, 5) is -0.206. The van der Waals surface area contributed by atoms with Gasteiger partial charge >= 0.3 is 0 Å². The van der Waals surface area contributed by atoms with Crippen LogP contribution in [0.25, 0.3) is 0 Å². The van der Waals surface area contributed by atoms with Crippen molar-refractivity contribution >= 4 is 38.9 Å². The Balaban J connectivity index is 2.95. The maximum Gasteiger partial charge on any atom is 0.243 e. The Labute approximate surface area is 128 Å². The van der Waals surface area contributed by atoms with E-state index in [9.17, 15) is 8.42 Å². The fourth-order valence-electron chi connectivity index (χ4n) is 1.51. The van der Waals surface area contributed by atoms with Gasteiger partial charge in [0.2, 0.25) is 10.0 Å². The fourth-order valence-corrected chi connectivity index (χ4v) is 3.80. The Morgan fingerprint density at radius 3 is 2.30 bits per heavy atom. The third kappa shape index (κ3) is 4.47. The molecule has 0 saturated carbocycles. The zero-order valence-electron chi connectivity index (χ0n) is 11.0. The van der Waals surface area contributed by atoms with Crippen LogP contribution in [0.2, 0.25) is 10.0 Å². The molecule has 20 heavy (non-hydrogen) atoms. The molecule has 0 saturated heterocycles. The van der Waals surface area contributed by atoms with Gasteiger partial charge in [0.15, 0.2) is 0 Å². The number of sulfonamides is 1. The van der Waals surface area contributed by atoms with Crippen molar-refractivity contribution in [2.45, 2.75) is 11.0 Å². The van der Waals surface area contributed by atoms with Crippen LogP contribution in [0, 0.1) is 0 Å². The molecule has 0 aliphatic heterocycles. The third-order valence-corrected chi connectivity index (χ3v) is 4.82. The van der Waals surface area contributed by atoms with E-state index in [-0.39, 0.29) is 33.8 Å². The van der Waals surface area contributed by atoms with Gasteiger partial charge in [-0.25, -0.2) is 13.1 Å². The largest absolute Gasteiger partial charge is 0.399 e. The molecule has 0 fully saturated rings. The highest BCUT2D eigenvalue weighted by molar-refractivity contribution is 7.89. The summed E-state index contributed by atoms with van der Waals surface area (Å²) in [6, 6.07) is 2.65. The molecule has 0 aliphatic carbocycles. The molecule has 0 radical (unpaired) electrons.